The lowest BCUT2D eigenvalue weighted by Gasteiger charge is -2.21. The predicted octanol–water partition coefficient (Wildman–Crippen LogP) is 2.95. The van der Waals surface area contributed by atoms with Gasteiger partial charge in [-0.25, -0.2) is 9.97 Å². The lowest BCUT2D eigenvalue weighted by atomic mass is 9.93. The molecule has 1 unspecified atom stereocenters. The lowest BCUT2D eigenvalue weighted by Crippen LogP contribution is -2.16. The van der Waals surface area contributed by atoms with Crippen LogP contribution in [0.15, 0.2) is 36.7 Å². The van der Waals surface area contributed by atoms with E-state index in [0.29, 0.717) is 0 Å². The molecule has 1 aromatic heterocycles. The van der Waals surface area contributed by atoms with Gasteiger partial charge < -0.3 is 15.8 Å². The fraction of sp³-hybridized carbons (Fsp3) is 0.278. The van der Waals surface area contributed by atoms with Crippen LogP contribution in [0.5, 0.6) is 0 Å². The van der Waals surface area contributed by atoms with Crippen molar-refractivity contribution in [3.63, 3.8) is 0 Å². The zero-order valence-corrected chi connectivity index (χ0v) is 13.8. The Bertz CT molecular complexity index is 723. The van der Waals surface area contributed by atoms with Gasteiger partial charge in [-0.1, -0.05) is 12.2 Å². The van der Waals surface area contributed by atoms with E-state index in [-0.39, 0.29) is 12.6 Å². The Morgan fingerprint density at radius 2 is 1.96 bits per heavy atom. The van der Waals surface area contributed by atoms with E-state index >= 15 is 0 Å². The largest absolute Gasteiger partial charge is 0.378 e. The van der Waals surface area contributed by atoms with Crippen molar-refractivity contribution in [1.29, 1.82) is 0 Å². The minimum Gasteiger partial charge on any atom is -0.378 e. The average molecular weight is 310 g/mol. The molecule has 0 aliphatic heterocycles. The SMILES string of the molecule is C=C(C)C(N)c1cc(-c2cnc(C)nc2)cc(C)c1NCC=O. The molecule has 0 amide bonds. The summed E-state index contributed by atoms with van der Waals surface area (Å²) in [6.07, 6.45) is 4.43. The Labute approximate surface area is 136 Å². The highest BCUT2D eigenvalue weighted by Gasteiger charge is 2.16. The summed E-state index contributed by atoms with van der Waals surface area (Å²) in [4.78, 5) is 19.2. The van der Waals surface area contributed by atoms with Crippen LogP contribution in [0.4, 0.5) is 5.69 Å². The van der Waals surface area contributed by atoms with E-state index < -0.39 is 0 Å². The van der Waals surface area contributed by atoms with Crippen molar-refractivity contribution < 1.29 is 4.79 Å². The molecule has 1 atom stereocenters. The summed E-state index contributed by atoms with van der Waals surface area (Å²) in [7, 11) is 0. The van der Waals surface area contributed by atoms with Gasteiger partial charge in [-0.15, -0.1) is 0 Å². The summed E-state index contributed by atoms with van der Waals surface area (Å²) in [6.45, 7) is 9.92. The number of hydrogen-bond donors (Lipinski definition) is 2. The van der Waals surface area contributed by atoms with Crippen molar-refractivity contribution in [3.05, 3.63) is 53.6 Å². The molecule has 1 aromatic carbocycles. The van der Waals surface area contributed by atoms with Gasteiger partial charge in [-0.2, -0.15) is 0 Å². The third kappa shape index (κ3) is 3.81. The first-order valence-corrected chi connectivity index (χ1v) is 7.46. The molecule has 0 bridgehead atoms. The monoisotopic (exact) mass is 310 g/mol. The molecule has 5 heteroatoms. The van der Waals surface area contributed by atoms with Gasteiger partial charge in [-0.05, 0) is 49.6 Å². The summed E-state index contributed by atoms with van der Waals surface area (Å²) in [5, 5.41) is 3.13. The van der Waals surface area contributed by atoms with E-state index in [1.54, 1.807) is 12.4 Å². The Kier molecular flexibility index (Phi) is 5.24. The van der Waals surface area contributed by atoms with E-state index in [1.807, 2.05) is 32.9 Å². The predicted molar refractivity (Wildman–Crippen MR) is 93.2 cm³/mol. The van der Waals surface area contributed by atoms with Gasteiger partial charge >= 0.3 is 0 Å². The minimum atomic E-state index is -0.311. The zero-order chi connectivity index (χ0) is 17.0. The number of carbonyl (C=O) groups is 1. The minimum absolute atomic E-state index is 0.240. The van der Waals surface area contributed by atoms with Gasteiger partial charge in [0.2, 0.25) is 0 Å². The zero-order valence-electron chi connectivity index (χ0n) is 13.8. The Morgan fingerprint density at radius 3 is 2.52 bits per heavy atom. The summed E-state index contributed by atoms with van der Waals surface area (Å²) < 4.78 is 0. The molecule has 1 heterocycles. The number of nitrogens with zero attached hydrogens (tertiary/aromatic N) is 2. The lowest BCUT2D eigenvalue weighted by molar-refractivity contribution is -0.106. The fourth-order valence-corrected chi connectivity index (χ4v) is 2.42. The molecule has 0 spiro atoms. The maximum atomic E-state index is 10.7. The van der Waals surface area contributed by atoms with Gasteiger partial charge in [-0.3, -0.25) is 0 Å². The molecule has 0 aliphatic rings. The highest BCUT2D eigenvalue weighted by Crippen LogP contribution is 2.33. The molecular formula is C18H22N4O. The maximum absolute atomic E-state index is 10.7. The topological polar surface area (TPSA) is 80.9 Å². The third-order valence-electron chi connectivity index (χ3n) is 3.71. The van der Waals surface area contributed by atoms with Gasteiger partial charge in [0, 0.05) is 23.6 Å². The first-order chi connectivity index (χ1) is 10.9. The third-order valence-corrected chi connectivity index (χ3v) is 3.71. The van der Waals surface area contributed by atoms with Crippen LogP contribution in [0.25, 0.3) is 11.1 Å². The first-order valence-electron chi connectivity index (χ1n) is 7.46. The van der Waals surface area contributed by atoms with Crippen LogP contribution < -0.4 is 11.1 Å². The summed E-state index contributed by atoms with van der Waals surface area (Å²) in [5.74, 6) is 0.730. The molecule has 0 aliphatic carbocycles. The quantitative estimate of drug-likeness (QED) is 0.633. The number of carbonyl (C=O) groups excluding carboxylic acids is 1. The van der Waals surface area contributed by atoms with Gasteiger partial charge in [0.05, 0.1) is 12.6 Å². The second-order valence-electron chi connectivity index (χ2n) is 5.65. The van der Waals surface area contributed by atoms with Gasteiger partial charge in [0.15, 0.2) is 0 Å². The standard InChI is InChI=1S/C18H22N4O/c1-11(2)17(19)16-8-14(15-9-21-13(4)22-10-15)7-12(3)18(16)20-5-6-23/h6-10,17,20H,1,5,19H2,2-4H3. The average Bonchev–Trinajstić information content (AvgIpc) is 2.53. The number of aldehydes is 1. The molecule has 0 fully saturated rings. The van der Waals surface area contributed by atoms with Crippen molar-refractivity contribution in [3.8, 4) is 11.1 Å². The number of rotatable bonds is 6. The molecule has 0 saturated heterocycles. The number of aryl methyl sites for hydroxylation is 2. The molecule has 0 saturated carbocycles. The second-order valence-corrected chi connectivity index (χ2v) is 5.65. The molecule has 23 heavy (non-hydrogen) atoms. The Hall–Kier alpha value is -2.53. The van der Waals surface area contributed by atoms with E-state index in [0.717, 1.165) is 45.6 Å². The van der Waals surface area contributed by atoms with Crippen molar-refractivity contribution in [2.75, 3.05) is 11.9 Å². The molecular weight excluding hydrogens is 288 g/mol. The molecule has 120 valence electrons. The highest BCUT2D eigenvalue weighted by atomic mass is 16.1. The Morgan fingerprint density at radius 1 is 1.30 bits per heavy atom. The van der Waals surface area contributed by atoms with E-state index in [2.05, 4.69) is 21.9 Å². The molecule has 2 rings (SSSR count). The maximum Gasteiger partial charge on any atom is 0.139 e. The Balaban J connectivity index is 2.56. The molecule has 2 aromatic rings. The van der Waals surface area contributed by atoms with Crippen LogP contribution in [0, 0.1) is 13.8 Å². The smallest absolute Gasteiger partial charge is 0.139 e. The summed E-state index contributed by atoms with van der Waals surface area (Å²) in [6, 6.07) is 3.73. The number of hydrogen-bond acceptors (Lipinski definition) is 5. The van der Waals surface area contributed by atoms with E-state index in [9.17, 15) is 4.79 Å². The first kappa shape index (κ1) is 16.8. The number of nitrogens with two attached hydrogens (primary N) is 1. The number of aromatic nitrogens is 2. The van der Waals surface area contributed by atoms with Gasteiger partial charge in [0.1, 0.15) is 12.1 Å². The number of benzene rings is 1. The fourth-order valence-electron chi connectivity index (χ4n) is 2.42. The van der Waals surface area contributed by atoms with Crippen LogP contribution in [-0.2, 0) is 4.79 Å². The van der Waals surface area contributed by atoms with Crippen molar-refractivity contribution in [2.45, 2.75) is 26.8 Å². The normalized spacial score (nSPS) is 11.8. The summed E-state index contributed by atoms with van der Waals surface area (Å²) in [5.41, 5.74) is 11.9. The van der Waals surface area contributed by atoms with E-state index in [4.69, 9.17) is 5.73 Å². The van der Waals surface area contributed by atoms with Crippen molar-refractivity contribution in [2.24, 2.45) is 5.73 Å². The van der Waals surface area contributed by atoms with E-state index in [1.165, 1.54) is 0 Å². The number of anilines is 1. The van der Waals surface area contributed by atoms with Crippen LogP contribution in [0.1, 0.15) is 29.9 Å². The number of nitrogens with one attached hydrogen (secondary N) is 1. The summed E-state index contributed by atoms with van der Waals surface area (Å²) >= 11 is 0. The van der Waals surface area contributed by atoms with Crippen molar-refractivity contribution >= 4 is 12.0 Å². The molecule has 0 radical (unpaired) electrons. The van der Waals surface area contributed by atoms with Crippen molar-refractivity contribution in [1.82, 2.24) is 9.97 Å². The highest BCUT2D eigenvalue weighted by molar-refractivity contribution is 5.73. The van der Waals surface area contributed by atoms with Crippen LogP contribution >= 0.6 is 0 Å². The second kappa shape index (κ2) is 7.15. The van der Waals surface area contributed by atoms with Gasteiger partial charge in [0.25, 0.3) is 0 Å². The molecule has 3 N–H and O–H groups in total. The molecule has 5 nitrogen and oxygen atoms in total. The van der Waals surface area contributed by atoms with Crippen LogP contribution in [0.2, 0.25) is 0 Å². The van der Waals surface area contributed by atoms with Crippen LogP contribution in [0.3, 0.4) is 0 Å². The van der Waals surface area contributed by atoms with Crippen LogP contribution in [-0.4, -0.2) is 22.8 Å².